The second kappa shape index (κ2) is 2.67. The Hall–Kier alpha value is -0.820. The monoisotopic (exact) mass is 148 g/mol. The van der Waals surface area contributed by atoms with E-state index in [1.54, 1.807) is 0 Å². The third-order valence-corrected chi connectivity index (χ3v) is 2.12. The van der Waals surface area contributed by atoms with Crippen molar-refractivity contribution in [2.75, 3.05) is 0 Å². The Morgan fingerprint density at radius 2 is 1.91 bits per heavy atom. The highest BCUT2D eigenvalue weighted by Crippen LogP contribution is 2.24. The van der Waals surface area contributed by atoms with Gasteiger partial charge in [-0.05, 0) is 12.5 Å². The Balaban J connectivity index is 1.97. The molecule has 1 aliphatic rings. The van der Waals surface area contributed by atoms with E-state index in [0.717, 1.165) is 6.42 Å². The molecule has 1 aromatic rings. The van der Waals surface area contributed by atoms with Gasteiger partial charge in [0, 0.05) is 6.42 Å². The minimum absolute atomic E-state index is 0.482. The number of rotatable bonds is 2. The number of hydrogen-bond acceptors (Lipinski definition) is 1. The van der Waals surface area contributed by atoms with E-state index in [1.807, 2.05) is 6.07 Å². The average Bonchev–Trinajstić information content (AvgIpc) is 2.69. The summed E-state index contributed by atoms with van der Waals surface area (Å²) >= 11 is 0. The molecule has 1 heteroatoms. The van der Waals surface area contributed by atoms with Crippen molar-refractivity contribution in [1.29, 1.82) is 0 Å². The Bertz CT molecular complexity index is 230. The first-order valence-electron chi connectivity index (χ1n) is 4.05. The fourth-order valence-electron chi connectivity index (χ4n) is 1.29. The summed E-state index contributed by atoms with van der Waals surface area (Å²) in [7, 11) is 0. The Kier molecular flexibility index (Phi) is 1.66. The predicted molar refractivity (Wildman–Crippen MR) is 44.5 cm³/mol. The summed E-state index contributed by atoms with van der Waals surface area (Å²) in [4.78, 5) is 0. The number of ether oxygens (including phenoxy) is 1. The highest BCUT2D eigenvalue weighted by atomic mass is 16.6. The molecule has 2 rings (SSSR count). The van der Waals surface area contributed by atoms with E-state index in [9.17, 15) is 0 Å². The van der Waals surface area contributed by atoms with Crippen molar-refractivity contribution < 1.29 is 4.74 Å². The molecule has 1 heterocycles. The van der Waals surface area contributed by atoms with Crippen LogP contribution < -0.4 is 0 Å². The van der Waals surface area contributed by atoms with Gasteiger partial charge in [-0.15, -0.1) is 0 Å². The maximum atomic E-state index is 5.32. The molecule has 0 saturated carbocycles. The third-order valence-electron chi connectivity index (χ3n) is 2.12. The van der Waals surface area contributed by atoms with Gasteiger partial charge in [-0.3, -0.25) is 0 Å². The summed E-state index contributed by atoms with van der Waals surface area (Å²) in [6.45, 7) is 2.12. The molecular formula is C10H12O. The van der Waals surface area contributed by atoms with Crippen LogP contribution in [0.4, 0.5) is 0 Å². The van der Waals surface area contributed by atoms with Gasteiger partial charge in [-0.25, -0.2) is 0 Å². The van der Waals surface area contributed by atoms with Crippen LogP contribution in [0.2, 0.25) is 0 Å². The van der Waals surface area contributed by atoms with Crippen molar-refractivity contribution in [1.82, 2.24) is 0 Å². The lowest BCUT2D eigenvalue weighted by atomic mass is 10.1. The van der Waals surface area contributed by atoms with Crippen LogP contribution in [0.3, 0.4) is 0 Å². The molecule has 1 aromatic carbocycles. The van der Waals surface area contributed by atoms with Gasteiger partial charge in [0.05, 0.1) is 12.2 Å². The van der Waals surface area contributed by atoms with Crippen LogP contribution in [-0.2, 0) is 11.2 Å². The molecule has 1 saturated heterocycles. The van der Waals surface area contributed by atoms with Gasteiger partial charge in [0.25, 0.3) is 0 Å². The summed E-state index contributed by atoms with van der Waals surface area (Å²) in [5.74, 6) is 0. The maximum absolute atomic E-state index is 5.32. The van der Waals surface area contributed by atoms with Crippen LogP contribution in [0.15, 0.2) is 30.3 Å². The molecule has 1 nitrogen and oxygen atoms in total. The third kappa shape index (κ3) is 1.60. The van der Waals surface area contributed by atoms with Crippen LogP contribution in [0.25, 0.3) is 0 Å². The van der Waals surface area contributed by atoms with Gasteiger partial charge in [-0.2, -0.15) is 0 Å². The molecule has 2 unspecified atom stereocenters. The van der Waals surface area contributed by atoms with E-state index in [2.05, 4.69) is 31.2 Å². The van der Waals surface area contributed by atoms with Gasteiger partial charge in [0.2, 0.25) is 0 Å². The SMILES string of the molecule is CC1OC1Cc1ccccc1. The van der Waals surface area contributed by atoms with Crippen molar-refractivity contribution in [3.05, 3.63) is 35.9 Å². The maximum Gasteiger partial charge on any atom is 0.0879 e. The molecule has 58 valence electrons. The van der Waals surface area contributed by atoms with Gasteiger partial charge in [-0.1, -0.05) is 30.3 Å². The van der Waals surface area contributed by atoms with Crippen LogP contribution in [0, 0.1) is 0 Å². The first-order valence-corrected chi connectivity index (χ1v) is 4.05. The van der Waals surface area contributed by atoms with E-state index in [0.29, 0.717) is 12.2 Å². The average molecular weight is 148 g/mol. The molecule has 1 fully saturated rings. The number of hydrogen-bond donors (Lipinski definition) is 0. The molecule has 0 N–H and O–H groups in total. The first-order chi connectivity index (χ1) is 5.36. The topological polar surface area (TPSA) is 12.5 Å². The Morgan fingerprint density at radius 3 is 2.45 bits per heavy atom. The smallest absolute Gasteiger partial charge is 0.0879 e. The van der Waals surface area contributed by atoms with Crippen LogP contribution in [-0.4, -0.2) is 12.2 Å². The van der Waals surface area contributed by atoms with Gasteiger partial charge < -0.3 is 4.74 Å². The lowest BCUT2D eigenvalue weighted by Crippen LogP contribution is -1.94. The molecule has 0 spiro atoms. The second-order valence-electron chi connectivity index (χ2n) is 3.07. The molecule has 0 bridgehead atoms. The normalized spacial score (nSPS) is 28.5. The fraction of sp³-hybridized carbons (Fsp3) is 0.400. The molecule has 0 radical (unpaired) electrons. The minimum atomic E-state index is 0.482. The minimum Gasteiger partial charge on any atom is -0.370 e. The van der Waals surface area contributed by atoms with Crippen LogP contribution >= 0.6 is 0 Å². The summed E-state index contributed by atoms with van der Waals surface area (Å²) < 4.78 is 5.32. The van der Waals surface area contributed by atoms with E-state index in [-0.39, 0.29) is 0 Å². The quantitative estimate of drug-likeness (QED) is 0.584. The molecule has 0 aromatic heterocycles. The second-order valence-corrected chi connectivity index (χ2v) is 3.07. The number of benzene rings is 1. The largest absolute Gasteiger partial charge is 0.370 e. The van der Waals surface area contributed by atoms with E-state index < -0.39 is 0 Å². The highest BCUT2D eigenvalue weighted by Gasteiger charge is 2.33. The highest BCUT2D eigenvalue weighted by molar-refractivity contribution is 5.16. The summed E-state index contributed by atoms with van der Waals surface area (Å²) in [5, 5.41) is 0. The first kappa shape index (κ1) is 6.86. The number of epoxide rings is 1. The van der Waals surface area contributed by atoms with Gasteiger partial charge in [0.1, 0.15) is 0 Å². The molecular weight excluding hydrogens is 136 g/mol. The standard InChI is InChI=1S/C10H12O/c1-8-10(11-8)7-9-5-3-2-4-6-9/h2-6,8,10H,7H2,1H3. The van der Waals surface area contributed by atoms with E-state index in [1.165, 1.54) is 5.56 Å². The molecule has 1 aliphatic heterocycles. The zero-order chi connectivity index (χ0) is 7.68. The van der Waals surface area contributed by atoms with Crippen molar-refractivity contribution in [2.45, 2.75) is 25.6 Å². The van der Waals surface area contributed by atoms with Crippen molar-refractivity contribution in [3.63, 3.8) is 0 Å². The van der Waals surface area contributed by atoms with E-state index >= 15 is 0 Å². The zero-order valence-corrected chi connectivity index (χ0v) is 6.66. The zero-order valence-electron chi connectivity index (χ0n) is 6.66. The molecule has 0 aliphatic carbocycles. The van der Waals surface area contributed by atoms with Gasteiger partial charge >= 0.3 is 0 Å². The molecule has 2 atom stereocenters. The fourth-order valence-corrected chi connectivity index (χ4v) is 1.29. The van der Waals surface area contributed by atoms with Crippen molar-refractivity contribution in [3.8, 4) is 0 Å². The van der Waals surface area contributed by atoms with Crippen LogP contribution in [0.5, 0.6) is 0 Å². The van der Waals surface area contributed by atoms with Crippen molar-refractivity contribution in [2.24, 2.45) is 0 Å². The lowest BCUT2D eigenvalue weighted by molar-refractivity contribution is 0.378. The van der Waals surface area contributed by atoms with Gasteiger partial charge in [0.15, 0.2) is 0 Å². The summed E-state index contributed by atoms with van der Waals surface area (Å²) in [6.07, 6.45) is 2.04. The Labute approximate surface area is 67.0 Å². The van der Waals surface area contributed by atoms with Crippen LogP contribution in [0.1, 0.15) is 12.5 Å². The lowest BCUT2D eigenvalue weighted by Gasteiger charge is -1.94. The van der Waals surface area contributed by atoms with E-state index in [4.69, 9.17) is 4.74 Å². The van der Waals surface area contributed by atoms with Crippen molar-refractivity contribution >= 4 is 0 Å². The Morgan fingerprint density at radius 1 is 1.27 bits per heavy atom. The summed E-state index contributed by atoms with van der Waals surface area (Å²) in [5.41, 5.74) is 1.38. The molecule has 0 amide bonds. The summed E-state index contributed by atoms with van der Waals surface area (Å²) in [6, 6.07) is 10.5. The molecule has 11 heavy (non-hydrogen) atoms. The predicted octanol–water partition coefficient (Wildman–Crippen LogP) is 2.02.